The predicted molar refractivity (Wildman–Crippen MR) is 137 cm³/mol. The molecule has 1 aliphatic carbocycles. The highest BCUT2D eigenvalue weighted by molar-refractivity contribution is 6.42. The van der Waals surface area contributed by atoms with Crippen molar-refractivity contribution in [1.82, 2.24) is 10.2 Å². The van der Waals surface area contributed by atoms with E-state index in [2.05, 4.69) is 22.5 Å². The average molecular weight is 584 g/mol. The number of anilines is 1. The summed E-state index contributed by atoms with van der Waals surface area (Å²) in [5, 5.41) is 5.40. The molecule has 0 radical (unpaired) electrons. The standard InChI is InChI=1S/C26H29Cl2F6N3O/c1-2-3-9-37(21-5-6-21)10-8-17(16-4-7-22(27)23(28)11-16)15-35-24(38)36-20-13-18(25(29,30)31)12-19(14-20)26(32,33)34/h4,7,11-14,17,21H,2-3,5-6,8-10,15H2,1H3,(H2,35,36,38). The Morgan fingerprint density at radius 3 is 2.13 bits per heavy atom. The van der Waals surface area contributed by atoms with Crippen LogP contribution >= 0.6 is 23.2 Å². The van der Waals surface area contributed by atoms with Gasteiger partial charge in [-0.3, -0.25) is 0 Å². The minimum absolute atomic E-state index is 0.00749. The molecule has 2 aromatic carbocycles. The molecule has 1 atom stereocenters. The second-order valence-electron chi connectivity index (χ2n) is 9.41. The molecule has 2 N–H and O–H groups in total. The highest BCUT2D eigenvalue weighted by atomic mass is 35.5. The van der Waals surface area contributed by atoms with Gasteiger partial charge < -0.3 is 15.5 Å². The second-order valence-corrected chi connectivity index (χ2v) is 10.2. The lowest BCUT2D eigenvalue weighted by Gasteiger charge is -2.26. The summed E-state index contributed by atoms with van der Waals surface area (Å²) in [5.41, 5.74) is -2.83. The summed E-state index contributed by atoms with van der Waals surface area (Å²) in [6, 6.07) is 5.68. The van der Waals surface area contributed by atoms with Crippen LogP contribution in [0.15, 0.2) is 36.4 Å². The van der Waals surface area contributed by atoms with Crippen LogP contribution in [0, 0.1) is 0 Å². The fourth-order valence-electron chi connectivity index (χ4n) is 4.17. The predicted octanol–water partition coefficient (Wildman–Crippen LogP) is 8.59. The van der Waals surface area contributed by atoms with Crippen molar-refractivity contribution < 1.29 is 31.1 Å². The molecule has 0 spiro atoms. The summed E-state index contributed by atoms with van der Waals surface area (Å²) in [6.45, 7) is 3.93. The van der Waals surface area contributed by atoms with Crippen molar-refractivity contribution >= 4 is 34.9 Å². The number of carbonyl (C=O) groups excluding carboxylic acids is 1. The van der Waals surface area contributed by atoms with Crippen LogP contribution in [0.25, 0.3) is 0 Å². The van der Waals surface area contributed by atoms with E-state index < -0.39 is 35.2 Å². The number of hydrogen-bond donors (Lipinski definition) is 2. The summed E-state index contributed by atoms with van der Waals surface area (Å²) in [7, 11) is 0. The van der Waals surface area contributed by atoms with E-state index in [1.807, 2.05) is 0 Å². The number of amides is 2. The largest absolute Gasteiger partial charge is 0.416 e. The summed E-state index contributed by atoms with van der Waals surface area (Å²) in [5.74, 6) is -0.217. The molecule has 4 nitrogen and oxygen atoms in total. The molecule has 12 heteroatoms. The van der Waals surface area contributed by atoms with Crippen LogP contribution in [0.1, 0.15) is 61.6 Å². The van der Waals surface area contributed by atoms with Crippen molar-refractivity contribution in [2.75, 3.05) is 25.0 Å². The molecule has 0 aliphatic heterocycles. The smallest absolute Gasteiger partial charge is 0.337 e. The summed E-state index contributed by atoms with van der Waals surface area (Å²) in [6.07, 6.45) is -4.98. The van der Waals surface area contributed by atoms with E-state index in [0.717, 1.165) is 44.3 Å². The van der Waals surface area contributed by atoms with Crippen LogP contribution in [0.2, 0.25) is 10.0 Å². The molecule has 210 valence electrons. The zero-order chi connectivity index (χ0) is 28.1. The van der Waals surface area contributed by atoms with Gasteiger partial charge in [0.25, 0.3) is 0 Å². The van der Waals surface area contributed by atoms with Gasteiger partial charge in [-0.15, -0.1) is 0 Å². The first-order chi connectivity index (χ1) is 17.8. The number of urea groups is 1. The zero-order valence-corrected chi connectivity index (χ0v) is 22.2. The second kappa shape index (κ2) is 12.8. The summed E-state index contributed by atoms with van der Waals surface area (Å²) >= 11 is 12.2. The Balaban J connectivity index is 1.73. The molecule has 2 aromatic rings. The average Bonchev–Trinajstić information content (AvgIpc) is 3.67. The summed E-state index contributed by atoms with van der Waals surface area (Å²) < 4.78 is 78.9. The van der Waals surface area contributed by atoms with Gasteiger partial charge in [-0.2, -0.15) is 26.3 Å². The Morgan fingerprint density at radius 1 is 0.974 bits per heavy atom. The number of alkyl halides is 6. The first-order valence-electron chi connectivity index (χ1n) is 12.3. The van der Waals surface area contributed by atoms with E-state index >= 15 is 0 Å². The van der Waals surface area contributed by atoms with E-state index in [9.17, 15) is 31.1 Å². The molecule has 38 heavy (non-hydrogen) atoms. The fourth-order valence-corrected chi connectivity index (χ4v) is 4.48. The van der Waals surface area contributed by atoms with Gasteiger partial charge in [0.15, 0.2) is 0 Å². The molecule has 0 aromatic heterocycles. The molecule has 0 bridgehead atoms. The normalized spacial score (nSPS) is 15.0. The van der Waals surface area contributed by atoms with Crippen LogP contribution in [0.3, 0.4) is 0 Å². The van der Waals surface area contributed by atoms with Crippen molar-refractivity contribution in [1.29, 1.82) is 0 Å². The van der Waals surface area contributed by atoms with Crippen LogP contribution in [0.5, 0.6) is 0 Å². The Hall–Kier alpha value is -2.17. The van der Waals surface area contributed by atoms with Gasteiger partial charge in [0, 0.05) is 24.2 Å². The van der Waals surface area contributed by atoms with E-state index in [0.29, 0.717) is 34.6 Å². The molecule has 0 heterocycles. The first-order valence-corrected chi connectivity index (χ1v) is 13.1. The minimum Gasteiger partial charge on any atom is -0.337 e. The zero-order valence-electron chi connectivity index (χ0n) is 20.7. The Morgan fingerprint density at radius 2 is 1.61 bits per heavy atom. The topological polar surface area (TPSA) is 44.4 Å². The number of halogens is 8. The molecule has 3 rings (SSSR count). The Labute approximate surface area is 227 Å². The van der Waals surface area contributed by atoms with Gasteiger partial charge in [0.1, 0.15) is 0 Å². The van der Waals surface area contributed by atoms with Gasteiger partial charge in [-0.25, -0.2) is 4.79 Å². The third kappa shape index (κ3) is 8.95. The minimum atomic E-state index is -5.02. The van der Waals surface area contributed by atoms with Crippen molar-refractivity contribution in [3.8, 4) is 0 Å². The number of nitrogens with one attached hydrogen (secondary N) is 2. The Kier molecular flexibility index (Phi) is 10.2. The number of carbonyl (C=O) groups is 1. The van der Waals surface area contributed by atoms with Gasteiger partial charge in [0.05, 0.1) is 21.2 Å². The highest BCUT2D eigenvalue weighted by Crippen LogP contribution is 2.37. The molecule has 1 saturated carbocycles. The highest BCUT2D eigenvalue weighted by Gasteiger charge is 2.37. The van der Waals surface area contributed by atoms with Crippen molar-refractivity contribution in [2.24, 2.45) is 0 Å². The quantitative estimate of drug-likeness (QED) is 0.260. The number of nitrogens with zero attached hydrogens (tertiary/aromatic N) is 1. The molecular formula is C26H29Cl2F6N3O. The van der Waals surface area contributed by atoms with Crippen LogP contribution in [-0.2, 0) is 12.4 Å². The number of rotatable bonds is 11. The number of benzene rings is 2. The summed E-state index contributed by atoms with van der Waals surface area (Å²) in [4.78, 5) is 15.0. The van der Waals surface area contributed by atoms with Crippen LogP contribution in [-0.4, -0.2) is 36.6 Å². The van der Waals surface area contributed by atoms with E-state index in [1.165, 1.54) is 0 Å². The lowest BCUT2D eigenvalue weighted by atomic mass is 9.95. The van der Waals surface area contributed by atoms with E-state index in [4.69, 9.17) is 23.2 Å². The lowest BCUT2D eigenvalue weighted by Crippen LogP contribution is -2.35. The number of hydrogen-bond acceptors (Lipinski definition) is 2. The van der Waals surface area contributed by atoms with Crippen molar-refractivity contribution in [3.05, 3.63) is 63.1 Å². The van der Waals surface area contributed by atoms with Crippen LogP contribution < -0.4 is 10.6 Å². The maximum Gasteiger partial charge on any atom is 0.416 e. The first kappa shape index (κ1) is 30.4. The maximum absolute atomic E-state index is 13.1. The van der Waals surface area contributed by atoms with Gasteiger partial charge in [0.2, 0.25) is 0 Å². The third-order valence-corrected chi connectivity index (χ3v) is 7.14. The van der Waals surface area contributed by atoms with Crippen molar-refractivity contribution in [2.45, 2.75) is 63.3 Å². The lowest BCUT2D eigenvalue weighted by molar-refractivity contribution is -0.143. The van der Waals surface area contributed by atoms with Gasteiger partial charge >= 0.3 is 18.4 Å². The molecule has 2 amide bonds. The molecule has 1 aliphatic rings. The van der Waals surface area contributed by atoms with E-state index in [-0.39, 0.29) is 18.5 Å². The SMILES string of the molecule is CCCCN(CCC(CNC(=O)Nc1cc(C(F)(F)F)cc(C(F)(F)F)c1)c1ccc(Cl)c(Cl)c1)C1CC1. The molecular weight excluding hydrogens is 555 g/mol. The van der Waals surface area contributed by atoms with Crippen molar-refractivity contribution in [3.63, 3.8) is 0 Å². The van der Waals surface area contributed by atoms with Gasteiger partial charge in [-0.1, -0.05) is 42.6 Å². The third-order valence-electron chi connectivity index (χ3n) is 6.40. The molecule has 1 unspecified atom stereocenters. The fraction of sp³-hybridized carbons (Fsp3) is 0.500. The maximum atomic E-state index is 13.1. The molecule has 1 fully saturated rings. The Bertz CT molecular complexity index is 1070. The van der Waals surface area contributed by atoms with Gasteiger partial charge in [-0.05, 0) is 74.7 Å². The monoisotopic (exact) mass is 583 g/mol. The van der Waals surface area contributed by atoms with E-state index in [1.54, 1.807) is 18.2 Å². The molecule has 0 saturated heterocycles. The number of unbranched alkanes of at least 4 members (excludes halogenated alkanes) is 1. The van der Waals surface area contributed by atoms with Crippen LogP contribution in [0.4, 0.5) is 36.8 Å².